The summed E-state index contributed by atoms with van der Waals surface area (Å²) in [7, 11) is 2.07. The molecule has 84 valence electrons. The third-order valence-electron chi connectivity index (χ3n) is 3.97. The van der Waals surface area contributed by atoms with E-state index in [0.29, 0.717) is 6.04 Å². The maximum Gasteiger partial charge on any atom is 0.00358 e. The lowest BCUT2D eigenvalue weighted by molar-refractivity contribution is 0.241. The van der Waals surface area contributed by atoms with Gasteiger partial charge in [-0.3, -0.25) is 0 Å². The molecule has 0 aromatic heterocycles. The molecule has 1 saturated carbocycles. The first-order valence-electron chi connectivity index (χ1n) is 6.43. The van der Waals surface area contributed by atoms with Gasteiger partial charge in [-0.25, -0.2) is 0 Å². The van der Waals surface area contributed by atoms with Crippen molar-refractivity contribution < 1.29 is 0 Å². The third-order valence-corrected chi connectivity index (χ3v) is 3.97. The lowest BCUT2D eigenvalue weighted by Crippen LogP contribution is -2.23. The third kappa shape index (κ3) is 4.00. The average Bonchev–Trinajstić information content (AvgIpc) is 2.26. The maximum atomic E-state index is 3.33. The Hall–Kier alpha value is -0.0400. The summed E-state index contributed by atoms with van der Waals surface area (Å²) in [6.07, 6.45) is 10.2. The topological polar surface area (TPSA) is 12.0 Å². The van der Waals surface area contributed by atoms with Gasteiger partial charge in [0.25, 0.3) is 0 Å². The van der Waals surface area contributed by atoms with Crippen molar-refractivity contribution in [2.24, 2.45) is 11.8 Å². The van der Waals surface area contributed by atoms with Crippen LogP contribution in [0.15, 0.2) is 0 Å². The van der Waals surface area contributed by atoms with Crippen molar-refractivity contribution in [1.29, 1.82) is 0 Å². The minimum atomic E-state index is 0.706. The van der Waals surface area contributed by atoms with Gasteiger partial charge >= 0.3 is 0 Å². The average molecular weight is 197 g/mol. The molecule has 0 amide bonds. The molecule has 1 nitrogen and oxygen atoms in total. The first-order valence-corrected chi connectivity index (χ1v) is 6.43. The molecule has 0 aromatic rings. The number of nitrogens with one attached hydrogen (secondary N) is 1. The second-order valence-corrected chi connectivity index (χ2v) is 5.07. The van der Waals surface area contributed by atoms with E-state index in [1.165, 1.54) is 44.9 Å². The smallest absolute Gasteiger partial charge is 0.00358 e. The van der Waals surface area contributed by atoms with Crippen molar-refractivity contribution in [3.8, 4) is 0 Å². The molecule has 1 N–H and O–H groups in total. The second-order valence-electron chi connectivity index (χ2n) is 5.07. The van der Waals surface area contributed by atoms with Crippen LogP contribution in [-0.4, -0.2) is 13.1 Å². The Balaban J connectivity index is 2.17. The van der Waals surface area contributed by atoms with Gasteiger partial charge in [-0.15, -0.1) is 0 Å². The fourth-order valence-electron chi connectivity index (χ4n) is 2.67. The Bertz CT molecular complexity index is 144. The lowest BCUT2D eigenvalue weighted by Gasteiger charge is -2.29. The zero-order valence-electron chi connectivity index (χ0n) is 10.2. The standard InChI is InChI=1S/C13H27N/c1-4-12-6-5-7-13(10-12)9-8-11(2)14-3/h11-14H,4-10H2,1-3H3. The van der Waals surface area contributed by atoms with Crippen LogP contribution in [0.1, 0.15) is 58.8 Å². The molecule has 1 aliphatic rings. The molecule has 3 atom stereocenters. The van der Waals surface area contributed by atoms with Gasteiger partial charge in [0.15, 0.2) is 0 Å². The SMILES string of the molecule is CCC1CCCC(CCC(C)NC)C1. The van der Waals surface area contributed by atoms with Crippen LogP contribution < -0.4 is 5.32 Å². The van der Waals surface area contributed by atoms with Crippen molar-refractivity contribution >= 4 is 0 Å². The largest absolute Gasteiger partial charge is 0.317 e. The van der Waals surface area contributed by atoms with Crippen molar-refractivity contribution in [1.82, 2.24) is 5.32 Å². The molecule has 1 rings (SSSR count). The second kappa shape index (κ2) is 6.44. The van der Waals surface area contributed by atoms with Crippen LogP contribution in [0.3, 0.4) is 0 Å². The van der Waals surface area contributed by atoms with E-state index < -0.39 is 0 Å². The molecule has 0 saturated heterocycles. The van der Waals surface area contributed by atoms with E-state index in [9.17, 15) is 0 Å². The summed E-state index contributed by atoms with van der Waals surface area (Å²) in [5.41, 5.74) is 0. The van der Waals surface area contributed by atoms with Crippen LogP contribution in [0, 0.1) is 11.8 Å². The summed E-state index contributed by atoms with van der Waals surface area (Å²) >= 11 is 0. The molecule has 0 bridgehead atoms. The van der Waals surface area contributed by atoms with E-state index in [-0.39, 0.29) is 0 Å². The number of rotatable bonds is 5. The van der Waals surface area contributed by atoms with E-state index in [1.54, 1.807) is 0 Å². The zero-order chi connectivity index (χ0) is 10.4. The molecular weight excluding hydrogens is 170 g/mol. The van der Waals surface area contributed by atoms with Crippen molar-refractivity contribution in [2.75, 3.05) is 7.05 Å². The van der Waals surface area contributed by atoms with E-state index >= 15 is 0 Å². The fourth-order valence-corrected chi connectivity index (χ4v) is 2.67. The van der Waals surface area contributed by atoms with E-state index in [4.69, 9.17) is 0 Å². The Kier molecular flexibility index (Phi) is 5.54. The number of hydrogen-bond donors (Lipinski definition) is 1. The normalized spacial score (nSPS) is 30.2. The van der Waals surface area contributed by atoms with Gasteiger partial charge in [-0.2, -0.15) is 0 Å². The molecule has 0 spiro atoms. The highest BCUT2D eigenvalue weighted by Crippen LogP contribution is 2.33. The fraction of sp³-hybridized carbons (Fsp3) is 1.00. The van der Waals surface area contributed by atoms with Crippen LogP contribution in [0.25, 0.3) is 0 Å². The lowest BCUT2D eigenvalue weighted by atomic mass is 9.78. The molecular formula is C13H27N. The minimum Gasteiger partial charge on any atom is -0.317 e. The molecule has 14 heavy (non-hydrogen) atoms. The predicted octanol–water partition coefficient (Wildman–Crippen LogP) is 3.59. The van der Waals surface area contributed by atoms with Crippen LogP contribution in [0.4, 0.5) is 0 Å². The van der Waals surface area contributed by atoms with Gasteiger partial charge in [0, 0.05) is 6.04 Å². The molecule has 0 aromatic carbocycles. The first-order chi connectivity index (χ1) is 6.76. The van der Waals surface area contributed by atoms with Crippen LogP contribution in [-0.2, 0) is 0 Å². The predicted molar refractivity (Wildman–Crippen MR) is 63.5 cm³/mol. The maximum absolute atomic E-state index is 3.33. The Morgan fingerprint density at radius 3 is 2.64 bits per heavy atom. The highest BCUT2D eigenvalue weighted by molar-refractivity contribution is 4.73. The first kappa shape index (κ1) is 12.0. The Morgan fingerprint density at radius 2 is 2.00 bits per heavy atom. The van der Waals surface area contributed by atoms with Gasteiger partial charge in [0.2, 0.25) is 0 Å². The summed E-state index contributed by atoms with van der Waals surface area (Å²) in [6, 6.07) is 0.706. The van der Waals surface area contributed by atoms with E-state index in [1.807, 2.05) is 0 Å². The molecule has 0 heterocycles. The quantitative estimate of drug-likeness (QED) is 0.710. The van der Waals surface area contributed by atoms with Crippen LogP contribution in [0.5, 0.6) is 0 Å². The van der Waals surface area contributed by atoms with E-state index in [2.05, 4.69) is 26.2 Å². The summed E-state index contributed by atoms with van der Waals surface area (Å²) in [6.45, 7) is 4.64. The number of hydrogen-bond acceptors (Lipinski definition) is 1. The van der Waals surface area contributed by atoms with Crippen LogP contribution >= 0.6 is 0 Å². The molecule has 1 fully saturated rings. The molecule has 1 heteroatoms. The molecule has 0 aliphatic heterocycles. The van der Waals surface area contributed by atoms with Gasteiger partial charge in [-0.05, 0) is 45.1 Å². The van der Waals surface area contributed by atoms with Gasteiger partial charge < -0.3 is 5.32 Å². The summed E-state index contributed by atoms with van der Waals surface area (Å²) in [5, 5.41) is 3.33. The van der Waals surface area contributed by atoms with Gasteiger partial charge in [-0.1, -0.05) is 32.6 Å². The minimum absolute atomic E-state index is 0.706. The highest BCUT2D eigenvalue weighted by atomic mass is 14.8. The van der Waals surface area contributed by atoms with Crippen molar-refractivity contribution in [3.05, 3.63) is 0 Å². The van der Waals surface area contributed by atoms with Crippen molar-refractivity contribution in [2.45, 2.75) is 64.8 Å². The Labute approximate surface area is 89.7 Å². The molecule has 1 aliphatic carbocycles. The summed E-state index contributed by atoms with van der Waals surface area (Å²) in [5.74, 6) is 2.07. The van der Waals surface area contributed by atoms with E-state index in [0.717, 1.165) is 11.8 Å². The molecule has 3 unspecified atom stereocenters. The monoisotopic (exact) mass is 197 g/mol. The Morgan fingerprint density at radius 1 is 1.29 bits per heavy atom. The van der Waals surface area contributed by atoms with Crippen molar-refractivity contribution in [3.63, 3.8) is 0 Å². The van der Waals surface area contributed by atoms with Gasteiger partial charge in [0.1, 0.15) is 0 Å². The summed E-state index contributed by atoms with van der Waals surface area (Å²) in [4.78, 5) is 0. The summed E-state index contributed by atoms with van der Waals surface area (Å²) < 4.78 is 0. The van der Waals surface area contributed by atoms with Gasteiger partial charge in [0.05, 0.1) is 0 Å². The zero-order valence-corrected chi connectivity index (χ0v) is 10.2. The highest BCUT2D eigenvalue weighted by Gasteiger charge is 2.20. The van der Waals surface area contributed by atoms with Crippen LogP contribution in [0.2, 0.25) is 0 Å². The molecule has 0 radical (unpaired) electrons.